The van der Waals surface area contributed by atoms with Gasteiger partial charge in [0.25, 0.3) is 11.8 Å². The molecule has 0 bridgehead atoms. The molecule has 0 N–H and O–H groups in total. The van der Waals surface area contributed by atoms with Gasteiger partial charge in [-0.05, 0) is 34.9 Å². The van der Waals surface area contributed by atoms with Crippen LogP contribution in [0, 0.1) is 5.92 Å². The number of aryl methyl sites for hydroxylation is 1. The zero-order chi connectivity index (χ0) is 19.6. The Morgan fingerprint density at radius 2 is 1.78 bits per heavy atom. The second-order valence-electron chi connectivity index (χ2n) is 6.64. The molecule has 2 amide bonds. The first-order valence-corrected chi connectivity index (χ1v) is 8.84. The lowest BCUT2D eigenvalue weighted by Crippen LogP contribution is -2.48. The van der Waals surface area contributed by atoms with E-state index in [0.717, 1.165) is 11.3 Å². The molecule has 1 aliphatic rings. The van der Waals surface area contributed by atoms with E-state index in [1.165, 1.54) is 0 Å². The molecule has 1 aliphatic heterocycles. The van der Waals surface area contributed by atoms with Crippen molar-refractivity contribution in [1.82, 2.24) is 25.1 Å². The van der Waals surface area contributed by atoms with Gasteiger partial charge < -0.3 is 4.74 Å². The first-order valence-electron chi connectivity index (χ1n) is 8.84. The molecule has 9 heteroatoms. The Hall–Kier alpha value is -3.10. The number of aromatic nitrogens is 4. The maximum absolute atomic E-state index is 12.7. The van der Waals surface area contributed by atoms with Gasteiger partial charge in [-0.2, -0.15) is 0 Å². The predicted octanol–water partition coefficient (Wildman–Crippen LogP) is 1.45. The lowest BCUT2D eigenvalue weighted by atomic mass is 10.0. The van der Waals surface area contributed by atoms with Crippen molar-refractivity contribution in [3.05, 3.63) is 41.2 Å². The summed E-state index contributed by atoms with van der Waals surface area (Å²) in [4.78, 5) is 39.1. The van der Waals surface area contributed by atoms with E-state index in [4.69, 9.17) is 4.74 Å². The average molecular weight is 371 g/mol. The highest BCUT2D eigenvalue weighted by molar-refractivity contribution is 6.22. The van der Waals surface area contributed by atoms with Crippen molar-refractivity contribution in [3.8, 4) is 0 Å². The Labute approximate surface area is 156 Å². The molecule has 9 nitrogen and oxygen atoms in total. The van der Waals surface area contributed by atoms with Gasteiger partial charge in [-0.3, -0.25) is 14.5 Å². The number of ether oxygens (including phenoxy) is 1. The fourth-order valence-electron chi connectivity index (χ4n) is 3.07. The van der Waals surface area contributed by atoms with Crippen LogP contribution in [0.3, 0.4) is 0 Å². The molecular weight excluding hydrogens is 350 g/mol. The van der Waals surface area contributed by atoms with Crippen LogP contribution in [0.25, 0.3) is 0 Å². The molecule has 27 heavy (non-hydrogen) atoms. The normalized spacial score (nSPS) is 14.6. The molecule has 0 radical (unpaired) electrons. The first kappa shape index (κ1) is 18.7. The van der Waals surface area contributed by atoms with Crippen molar-refractivity contribution >= 4 is 17.8 Å². The minimum absolute atomic E-state index is 0.127. The summed E-state index contributed by atoms with van der Waals surface area (Å²) in [6, 6.07) is 5.51. The van der Waals surface area contributed by atoms with Crippen molar-refractivity contribution in [1.29, 1.82) is 0 Å². The summed E-state index contributed by atoms with van der Waals surface area (Å²) in [5.41, 5.74) is 0.598. The van der Waals surface area contributed by atoms with Gasteiger partial charge in [0.15, 0.2) is 12.4 Å². The number of carbonyl (C=O) groups excluding carboxylic acids is 3. The summed E-state index contributed by atoms with van der Waals surface area (Å²) in [7, 11) is 0. The fourth-order valence-corrected chi connectivity index (χ4v) is 3.07. The third-order valence-electron chi connectivity index (χ3n) is 4.36. The number of hydrogen-bond acceptors (Lipinski definition) is 7. The summed E-state index contributed by atoms with van der Waals surface area (Å²) in [5, 5.41) is 11.3. The first-order chi connectivity index (χ1) is 13.0. The van der Waals surface area contributed by atoms with Gasteiger partial charge in [0.05, 0.1) is 11.1 Å². The number of esters is 1. The van der Waals surface area contributed by atoms with Crippen molar-refractivity contribution in [2.45, 2.75) is 46.4 Å². The molecule has 0 unspecified atom stereocenters. The number of rotatable bonds is 7. The van der Waals surface area contributed by atoms with E-state index in [-0.39, 0.29) is 12.5 Å². The zero-order valence-corrected chi connectivity index (χ0v) is 15.5. The molecule has 1 aromatic heterocycles. The topological polar surface area (TPSA) is 107 Å². The summed E-state index contributed by atoms with van der Waals surface area (Å²) in [5.74, 6) is -1.53. The summed E-state index contributed by atoms with van der Waals surface area (Å²) in [6.07, 6.45) is 0.829. The Balaban J connectivity index is 1.78. The van der Waals surface area contributed by atoms with Crippen molar-refractivity contribution < 1.29 is 19.1 Å². The molecule has 2 heterocycles. The Bertz CT molecular complexity index is 841. The van der Waals surface area contributed by atoms with Gasteiger partial charge in [-0.15, -0.1) is 5.10 Å². The minimum atomic E-state index is -1.02. The van der Waals surface area contributed by atoms with Crippen LogP contribution < -0.4 is 0 Å². The molecular formula is C18H21N5O4. The Morgan fingerprint density at radius 3 is 2.33 bits per heavy atom. The standard InChI is InChI=1S/C18H21N5O4/c1-4-9-22-14(19-20-21-22)10-27-18(26)15(11(2)3)23-16(24)12-7-5-6-8-13(12)17(23)25/h5-8,11,15H,4,9-10H2,1-3H3/t15-/m1/s1. The number of amides is 2. The largest absolute Gasteiger partial charge is 0.456 e. The second-order valence-corrected chi connectivity index (χ2v) is 6.64. The van der Waals surface area contributed by atoms with E-state index >= 15 is 0 Å². The number of imide groups is 1. The van der Waals surface area contributed by atoms with E-state index in [1.807, 2.05) is 6.92 Å². The van der Waals surface area contributed by atoms with Crippen LogP contribution in [0.15, 0.2) is 24.3 Å². The molecule has 0 spiro atoms. The number of hydrogen-bond donors (Lipinski definition) is 0. The quantitative estimate of drug-likeness (QED) is 0.535. The van der Waals surface area contributed by atoms with Crippen LogP contribution in [-0.4, -0.2) is 48.9 Å². The van der Waals surface area contributed by atoms with E-state index in [1.54, 1.807) is 42.8 Å². The van der Waals surface area contributed by atoms with Crippen molar-refractivity contribution in [3.63, 3.8) is 0 Å². The number of fused-ring (bicyclic) bond motifs is 1. The van der Waals surface area contributed by atoms with Crippen LogP contribution in [-0.2, 0) is 22.7 Å². The maximum Gasteiger partial charge on any atom is 0.330 e. The zero-order valence-electron chi connectivity index (χ0n) is 15.5. The van der Waals surface area contributed by atoms with Gasteiger partial charge in [0.2, 0.25) is 0 Å². The highest BCUT2D eigenvalue weighted by atomic mass is 16.5. The monoisotopic (exact) mass is 371 g/mol. The lowest BCUT2D eigenvalue weighted by molar-refractivity contribution is -0.151. The van der Waals surface area contributed by atoms with E-state index in [9.17, 15) is 14.4 Å². The molecule has 2 aromatic rings. The van der Waals surface area contributed by atoms with E-state index in [0.29, 0.717) is 23.5 Å². The van der Waals surface area contributed by atoms with Crippen LogP contribution in [0.1, 0.15) is 53.7 Å². The van der Waals surface area contributed by atoms with Crippen LogP contribution in [0.4, 0.5) is 0 Å². The predicted molar refractivity (Wildman–Crippen MR) is 93.5 cm³/mol. The third-order valence-corrected chi connectivity index (χ3v) is 4.36. The summed E-state index contributed by atoms with van der Waals surface area (Å²) >= 11 is 0. The van der Waals surface area contributed by atoms with Crippen LogP contribution >= 0.6 is 0 Å². The molecule has 0 saturated heterocycles. The molecule has 1 aromatic carbocycles. The average Bonchev–Trinajstić information content (AvgIpc) is 3.19. The Morgan fingerprint density at radius 1 is 1.15 bits per heavy atom. The molecule has 1 atom stereocenters. The van der Waals surface area contributed by atoms with Crippen LogP contribution in [0.2, 0.25) is 0 Å². The number of benzene rings is 1. The molecule has 0 aliphatic carbocycles. The molecule has 142 valence electrons. The lowest BCUT2D eigenvalue weighted by Gasteiger charge is -2.27. The van der Waals surface area contributed by atoms with Crippen molar-refractivity contribution in [2.75, 3.05) is 0 Å². The number of carbonyl (C=O) groups is 3. The van der Waals surface area contributed by atoms with Gasteiger partial charge in [0.1, 0.15) is 6.04 Å². The highest BCUT2D eigenvalue weighted by Gasteiger charge is 2.44. The number of nitrogens with zero attached hydrogens (tertiary/aromatic N) is 5. The maximum atomic E-state index is 12.7. The smallest absolute Gasteiger partial charge is 0.330 e. The number of tetrazole rings is 1. The molecule has 0 fully saturated rings. The van der Waals surface area contributed by atoms with E-state index < -0.39 is 23.8 Å². The molecule has 3 rings (SSSR count). The highest BCUT2D eigenvalue weighted by Crippen LogP contribution is 2.27. The van der Waals surface area contributed by atoms with E-state index in [2.05, 4.69) is 15.5 Å². The van der Waals surface area contributed by atoms with Gasteiger partial charge in [0, 0.05) is 6.54 Å². The molecule has 0 saturated carbocycles. The summed E-state index contributed by atoms with van der Waals surface area (Å²) in [6.45, 7) is 5.98. The third kappa shape index (κ3) is 3.44. The summed E-state index contributed by atoms with van der Waals surface area (Å²) < 4.78 is 6.91. The van der Waals surface area contributed by atoms with Crippen LogP contribution in [0.5, 0.6) is 0 Å². The fraction of sp³-hybridized carbons (Fsp3) is 0.444. The van der Waals surface area contributed by atoms with Gasteiger partial charge in [-0.25, -0.2) is 9.48 Å². The second kappa shape index (κ2) is 7.65. The van der Waals surface area contributed by atoms with Gasteiger partial charge >= 0.3 is 5.97 Å². The minimum Gasteiger partial charge on any atom is -0.456 e. The SMILES string of the molecule is CCCn1nnnc1COC(=O)[C@@H](C(C)C)N1C(=O)c2ccccc2C1=O. The Kier molecular flexibility index (Phi) is 5.29. The van der Waals surface area contributed by atoms with Crippen molar-refractivity contribution in [2.24, 2.45) is 5.92 Å². The van der Waals surface area contributed by atoms with Gasteiger partial charge in [-0.1, -0.05) is 32.9 Å².